The van der Waals surface area contributed by atoms with E-state index >= 15 is 0 Å². The lowest BCUT2D eigenvalue weighted by atomic mass is 10.1. The number of aromatic nitrogens is 1. The Morgan fingerprint density at radius 2 is 2.33 bits per heavy atom. The summed E-state index contributed by atoms with van der Waals surface area (Å²) in [5, 5.41) is 8.54. The second-order valence-electron chi connectivity index (χ2n) is 2.33. The summed E-state index contributed by atoms with van der Waals surface area (Å²) in [6.45, 7) is 0. The van der Waals surface area contributed by atoms with E-state index in [1.165, 1.54) is 18.3 Å². The first-order valence-corrected chi connectivity index (χ1v) is 3.31. The van der Waals surface area contributed by atoms with Crippen molar-refractivity contribution in [1.82, 2.24) is 4.98 Å². The molecule has 5 N–H and O–H groups in total. The Labute approximate surface area is 69.0 Å². The molecule has 1 aromatic heterocycles. The number of hydrogen-bond donors (Lipinski definition) is 3. The molecule has 0 amide bonds. The van der Waals surface area contributed by atoms with Gasteiger partial charge in [-0.15, -0.1) is 0 Å². The third kappa shape index (κ3) is 1.70. The summed E-state index contributed by atoms with van der Waals surface area (Å²) in [6.07, 6.45) is 1.42. The van der Waals surface area contributed by atoms with Crippen molar-refractivity contribution in [2.24, 2.45) is 5.73 Å². The second kappa shape index (κ2) is 3.19. The molecule has 1 aromatic rings. The fraction of sp³-hybridized carbons (Fsp3) is 0.143. The van der Waals surface area contributed by atoms with Gasteiger partial charge in [0.1, 0.15) is 11.9 Å². The number of rotatable bonds is 2. The van der Waals surface area contributed by atoms with Crippen molar-refractivity contribution in [3.8, 4) is 0 Å². The summed E-state index contributed by atoms with van der Waals surface area (Å²) in [5.74, 6) is -0.815. The normalized spacial score (nSPS) is 12.4. The van der Waals surface area contributed by atoms with Gasteiger partial charge in [0.2, 0.25) is 0 Å². The molecule has 0 aromatic carbocycles. The summed E-state index contributed by atoms with van der Waals surface area (Å²) < 4.78 is 0. The van der Waals surface area contributed by atoms with Crippen LogP contribution in [-0.4, -0.2) is 16.1 Å². The van der Waals surface area contributed by atoms with Crippen LogP contribution in [0.1, 0.15) is 11.6 Å². The highest BCUT2D eigenvalue weighted by Crippen LogP contribution is 2.11. The van der Waals surface area contributed by atoms with Crippen LogP contribution >= 0.6 is 0 Å². The molecular formula is C7H9N3O2. The zero-order chi connectivity index (χ0) is 9.14. The third-order valence-electron chi connectivity index (χ3n) is 1.43. The lowest BCUT2D eigenvalue weighted by Crippen LogP contribution is -2.20. The van der Waals surface area contributed by atoms with E-state index < -0.39 is 12.0 Å². The minimum Gasteiger partial charge on any atom is -0.480 e. The van der Waals surface area contributed by atoms with Crippen LogP contribution in [0.25, 0.3) is 0 Å². The van der Waals surface area contributed by atoms with E-state index in [1.807, 2.05) is 0 Å². The Hall–Kier alpha value is -1.62. The molecule has 1 rings (SSSR count). The molecule has 5 heteroatoms. The number of nitrogens with two attached hydrogens (primary N) is 2. The van der Waals surface area contributed by atoms with E-state index in [-0.39, 0.29) is 5.82 Å². The Bertz CT molecular complexity index is 300. The quantitative estimate of drug-likeness (QED) is 0.563. The zero-order valence-electron chi connectivity index (χ0n) is 6.27. The molecule has 5 nitrogen and oxygen atoms in total. The molecule has 12 heavy (non-hydrogen) atoms. The smallest absolute Gasteiger partial charge is 0.325 e. The molecule has 0 saturated carbocycles. The lowest BCUT2D eigenvalue weighted by molar-refractivity contribution is -0.138. The van der Waals surface area contributed by atoms with E-state index in [4.69, 9.17) is 16.6 Å². The molecular weight excluding hydrogens is 158 g/mol. The highest BCUT2D eigenvalue weighted by molar-refractivity contribution is 5.75. The maximum Gasteiger partial charge on any atom is 0.325 e. The summed E-state index contributed by atoms with van der Waals surface area (Å²) in [7, 11) is 0. The number of nitrogen functional groups attached to an aromatic ring is 1. The summed E-state index contributed by atoms with van der Waals surface area (Å²) >= 11 is 0. The van der Waals surface area contributed by atoms with Crippen molar-refractivity contribution in [1.29, 1.82) is 0 Å². The van der Waals surface area contributed by atoms with Crippen LogP contribution in [0.3, 0.4) is 0 Å². The highest BCUT2D eigenvalue weighted by atomic mass is 16.4. The molecule has 1 heterocycles. The summed E-state index contributed by atoms with van der Waals surface area (Å²) in [6, 6.07) is 1.93. The van der Waals surface area contributed by atoms with Gasteiger partial charge in [0.25, 0.3) is 0 Å². The molecule has 0 aliphatic heterocycles. The molecule has 0 radical (unpaired) electrons. The number of carboxylic acids is 1. The van der Waals surface area contributed by atoms with Crippen LogP contribution in [0.15, 0.2) is 18.3 Å². The van der Waals surface area contributed by atoms with Crippen LogP contribution in [0.2, 0.25) is 0 Å². The van der Waals surface area contributed by atoms with E-state index in [2.05, 4.69) is 4.98 Å². The van der Waals surface area contributed by atoms with Gasteiger partial charge in [0, 0.05) is 6.20 Å². The average Bonchev–Trinajstić information content (AvgIpc) is 2.03. The first kappa shape index (κ1) is 8.48. The number of carboxylic acid groups (broad SMARTS) is 1. The van der Waals surface area contributed by atoms with Crippen LogP contribution < -0.4 is 11.5 Å². The van der Waals surface area contributed by atoms with Crippen molar-refractivity contribution in [2.45, 2.75) is 6.04 Å². The minimum atomic E-state index is -1.08. The SMILES string of the molecule is Nc1cc([C@@H](N)C(=O)O)ccn1. The molecule has 0 unspecified atom stereocenters. The molecule has 0 spiro atoms. The number of nitrogens with zero attached hydrogens (tertiary/aromatic N) is 1. The Balaban J connectivity index is 2.95. The molecule has 0 fully saturated rings. The molecule has 0 saturated heterocycles. The number of aliphatic carboxylic acids is 1. The maximum atomic E-state index is 10.4. The first-order valence-electron chi connectivity index (χ1n) is 3.31. The van der Waals surface area contributed by atoms with Gasteiger partial charge >= 0.3 is 5.97 Å². The molecule has 0 bridgehead atoms. The number of carbonyl (C=O) groups is 1. The summed E-state index contributed by atoms with van der Waals surface area (Å²) in [4.78, 5) is 14.1. The van der Waals surface area contributed by atoms with Gasteiger partial charge < -0.3 is 16.6 Å². The predicted molar refractivity (Wildman–Crippen MR) is 43.2 cm³/mol. The van der Waals surface area contributed by atoms with Crippen molar-refractivity contribution in [2.75, 3.05) is 5.73 Å². The zero-order valence-corrected chi connectivity index (χ0v) is 6.27. The predicted octanol–water partition coefficient (Wildman–Crippen LogP) is -0.252. The molecule has 0 aliphatic carbocycles. The van der Waals surface area contributed by atoms with Gasteiger partial charge in [-0.05, 0) is 17.7 Å². The largest absolute Gasteiger partial charge is 0.480 e. The highest BCUT2D eigenvalue weighted by Gasteiger charge is 2.13. The van der Waals surface area contributed by atoms with Crippen LogP contribution in [0.4, 0.5) is 5.82 Å². The van der Waals surface area contributed by atoms with Gasteiger partial charge in [-0.25, -0.2) is 4.98 Å². The van der Waals surface area contributed by atoms with E-state index in [1.54, 1.807) is 0 Å². The van der Waals surface area contributed by atoms with Gasteiger partial charge in [-0.1, -0.05) is 0 Å². The van der Waals surface area contributed by atoms with Crippen LogP contribution in [0.5, 0.6) is 0 Å². The topological polar surface area (TPSA) is 102 Å². The Morgan fingerprint density at radius 1 is 1.67 bits per heavy atom. The standard InChI is InChI=1S/C7H9N3O2/c8-5-3-4(1-2-10-5)6(9)7(11)12/h1-3,6H,9H2,(H2,8,10)(H,11,12)/t6-/m1/s1. The van der Waals surface area contributed by atoms with E-state index in [0.717, 1.165) is 0 Å². The fourth-order valence-corrected chi connectivity index (χ4v) is 0.802. The number of hydrogen-bond acceptors (Lipinski definition) is 4. The average molecular weight is 167 g/mol. The van der Waals surface area contributed by atoms with Crippen molar-refractivity contribution in [3.63, 3.8) is 0 Å². The van der Waals surface area contributed by atoms with E-state index in [9.17, 15) is 4.79 Å². The van der Waals surface area contributed by atoms with Gasteiger partial charge in [0.15, 0.2) is 0 Å². The van der Waals surface area contributed by atoms with Crippen molar-refractivity contribution < 1.29 is 9.90 Å². The number of anilines is 1. The maximum absolute atomic E-state index is 10.4. The fourth-order valence-electron chi connectivity index (χ4n) is 0.802. The monoisotopic (exact) mass is 167 g/mol. The van der Waals surface area contributed by atoms with E-state index in [0.29, 0.717) is 5.56 Å². The second-order valence-corrected chi connectivity index (χ2v) is 2.33. The molecule has 1 atom stereocenters. The molecule has 64 valence electrons. The Morgan fingerprint density at radius 3 is 2.83 bits per heavy atom. The van der Waals surface area contributed by atoms with Crippen molar-refractivity contribution >= 4 is 11.8 Å². The van der Waals surface area contributed by atoms with Crippen LogP contribution in [-0.2, 0) is 4.79 Å². The van der Waals surface area contributed by atoms with Gasteiger partial charge in [0.05, 0.1) is 0 Å². The van der Waals surface area contributed by atoms with Gasteiger partial charge in [-0.3, -0.25) is 4.79 Å². The number of pyridine rings is 1. The molecule has 0 aliphatic rings. The Kier molecular flexibility index (Phi) is 2.25. The minimum absolute atomic E-state index is 0.268. The van der Waals surface area contributed by atoms with Crippen molar-refractivity contribution in [3.05, 3.63) is 23.9 Å². The lowest BCUT2D eigenvalue weighted by Gasteiger charge is -2.05. The van der Waals surface area contributed by atoms with Gasteiger partial charge in [-0.2, -0.15) is 0 Å². The summed E-state index contributed by atoms with van der Waals surface area (Å²) in [5.41, 5.74) is 11.1. The first-order chi connectivity index (χ1) is 5.61. The van der Waals surface area contributed by atoms with Crippen LogP contribution in [0, 0.1) is 0 Å². The third-order valence-corrected chi connectivity index (χ3v) is 1.43.